The lowest BCUT2D eigenvalue weighted by atomic mass is 9.98. The van der Waals surface area contributed by atoms with Crippen LogP contribution in [0.25, 0.3) is 32.6 Å². The molecule has 1 fully saturated rings. The molecule has 1 unspecified atom stereocenters. The number of pyridine rings is 2. The van der Waals surface area contributed by atoms with Crippen LogP contribution >= 0.6 is 11.3 Å². The van der Waals surface area contributed by atoms with Gasteiger partial charge in [0, 0.05) is 53.4 Å². The number of urea groups is 1. The Labute approximate surface area is 254 Å². The second-order valence-electron chi connectivity index (χ2n) is 10.4. The predicted molar refractivity (Wildman–Crippen MR) is 162 cm³/mol. The zero-order valence-corrected chi connectivity index (χ0v) is 25.1. The molecule has 232 valence electrons. The maximum Gasteiger partial charge on any atom is 0.434 e. The molecule has 4 heterocycles. The molecule has 3 aromatic heterocycles. The number of hydrogen-bond donors (Lipinski definition) is 2. The molecule has 0 bridgehead atoms. The highest BCUT2D eigenvalue weighted by Gasteiger charge is 2.34. The van der Waals surface area contributed by atoms with E-state index in [1.165, 1.54) is 12.3 Å². The highest BCUT2D eigenvalue weighted by Crippen LogP contribution is 2.39. The number of fused-ring (bicyclic) bond motifs is 1. The number of halogens is 3. The highest BCUT2D eigenvalue weighted by atomic mass is 32.1. The molecule has 2 amide bonds. The van der Waals surface area contributed by atoms with Crippen LogP contribution in [-0.4, -0.2) is 64.7 Å². The first kappa shape index (κ1) is 31.1. The van der Waals surface area contributed by atoms with Crippen molar-refractivity contribution in [3.63, 3.8) is 0 Å². The zero-order chi connectivity index (χ0) is 31.6. The third-order valence-corrected chi connectivity index (χ3v) is 8.22. The van der Waals surface area contributed by atoms with Crippen molar-refractivity contribution in [1.29, 1.82) is 0 Å². The summed E-state index contributed by atoms with van der Waals surface area (Å²) in [6.45, 7) is 5.52. The van der Waals surface area contributed by atoms with E-state index in [1.54, 1.807) is 38.2 Å². The van der Waals surface area contributed by atoms with Gasteiger partial charge in [-0.05, 0) is 64.0 Å². The van der Waals surface area contributed by atoms with Crippen molar-refractivity contribution in [3.05, 3.63) is 63.5 Å². The first-order valence-electron chi connectivity index (χ1n) is 14.1. The third-order valence-electron chi connectivity index (χ3n) is 7.34. The van der Waals surface area contributed by atoms with Gasteiger partial charge >= 0.3 is 18.2 Å². The van der Waals surface area contributed by atoms with E-state index in [2.05, 4.69) is 25.5 Å². The Morgan fingerprint density at radius 2 is 1.98 bits per heavy atom. The number of benzene rings is 1. The first-order valence-corrected chi connectivity index (χ1v) is 15.0. The SMILES string of the molecule is CCNC(=O)Nc1cc(-c2nc(C(F)(F)F)cs2)c(-c2ccc3c(c2)c(=O)c(C(=O)OCC)cn3C2CCCN(C)C2)cn1. The van der Waals surface area contributed by atoms with E-state index < -0.39 is 29.3 Å². The van der Waals surface area contributed by atoms with Crippen LogP contribution in [0.5, 0.6) is 0 Å². The van der Waals surface area contributed by atoms with Crippen LogP contribution in [0.4, 0.5) is 23.8 Å². The molecular weight excluding hydrogens is 597 g/mol. The number of aromatic nitrogens is 3. The monoisotopic (exact) mass is 628 g/mol. The quantitative estimate of drug-likeness (QED) is 0.249. The van der Waals surface area contributed by atoms with Gasteiger partial charge in [-0.25, -0.2) is 19.6 Å². The Morgan fingerprint density at radius 3 is 2.66 bits per heavy atom. The number of esters is 1. The molecule has 1 aliphatic heterocycles. The minimum Gasteiger partial charge on any atom is -0.462 e. The Morgan fingerprint density at radius 1 is 1.18 bits per heavy atom. The van der Waals surface area contributed by atoms with E-state index in [0.29, 0.717) is 23.2 Å². The molecule has 1 atom stereocenters. The lowest BCUT2D eigenvalue weighted by Crippen LogP contribution is -2.34. The smallest absolute Gasteiger partial charge is 0.434 e. The number of piperidine rings is 1. The number of hydrogen-bond acceptors (Lipinski definition) is 8. The van der Waals surface area contributed by atoms with Gasteiger partial charge in [-0.15, -0.1) is 11.3 Å². The van der Waals surface area contributed by atoms with Gasteiger partial charge < -0.3 is 19.5 Å². The number of alkyl halides is 3. The lowest BCUT2D eigenvalue weighted by Gasteiger charge is -2.32. The van der Waals surface area contributed by atoms with Crippen LogP contribution in [0.1, 0.15) is 48.8 Å². The van der Waals surface area contributed by atoms with Crippen LogP contribution in [0.15, 0.2) is 46.8 Å². The topological polar surface area (TPSA) is 118 Å². The van der Waals surface area contributed by atoms with Gasteiger partial charge in [0.25, 0.3) is 0 Å². The molecule has 1 saturated heterocycles. The molecule has 4 aromatic rings. The average molecular weight is 629 g/mol. The lowest BCUT2D eigenvalue weighted by molar-refractivity contribution is -0.140. The molecule has 0 aliphatic carbocycles. The van der Waals surface area contributed by atoms with Crippen molar-refractivity contribution >= 4 is 40.1 Å². The summed E-state index contributed by atoms with van der Waals surface area (Å²) in [4.78, 5) is 49.0. The minimum absolute atomic E-state index is 0.00355. The molecule has 2 N–H and O–H groups in total. The van der Waals surface area contributed by atoms with Crippen molar-refractivity contribution in [1.82, 2.24) is 24.8 Å². The number of likely N-dealkylation sites (tertiary alicyclic amines) is 1. The van der Waals surface area contributed by atoms with Crippen LogP contribution in [0.3, 0.4) is 0 Å². The molecule has 14 heteroatoms. The first-order chi connectivity index (χ1) is 21.0. The van der Waals surface area contributed by atoms with Gasteiger partial charge in [0.05, 0.1) is 12.1 Å². The van der Waals surface area contributed by atoms with Gasteiger partial charge in [0.1, 0.15) is 16.4 Å². The summed E-state index contributed by atoms with van der Waals surface area (Å²) in [7, 11) is 2.02. The van der Waals surface area contributed by atoms with E-state index in [4.69, 9.17) is 4.74 Å². The standard InChI is InChI=1S/C30H31F3N6O4S/c1-4-34-29(42)37-25-12-19(27-36-24(16-44-27)30(31,32)33)21(13-35-25)17-8-9-23-20(11-17)26(40)22(28(41)43-5-2)15-39(23)18-7-6-10-38(3)14-18/h8-9,11-13,15-16,18H,4-7,10,14H2,1-3H3,(H2,34,35,37,42). The van der Waals surface area contributed by atoms with Crippen LogP contribution in [0.2, 0.25) is 0 Å². The minimum atomic E-state index is -4.64. The summed E-state index contributed by atoms with van der Waals surface area (Å²) in [6.07, 6.45) is 0.133. The van der Waals surface area contributed by atoms with Gasteiger partial charge in [-0.1, -0.05) is 6.07 Å². The Hall–Kier alpha value is -4.30. The summed E-state index contributed by atoms with van der Waals surface area (Å²) in [5, 5.41) is 6.38. The second-order valence-corrected chi connectivity index (χ2v) is 11.3. The summed E-state index contributed by atoms with van der Waals surface area (Å²) in [6, 6.07) is 6.05. The van der Waals surface area contributed by atoms with Gasteiger partial charge in [-0.2, -0.15) is 13.2 Å². The fraction of sp³-hybridized carbons (Fsp3) is 0.367. The van der Waals surface area contributed by atoms with Gasteiger partial charge in [-0.3, -0.25) is 10.1 Å². The number of nitrogens with zero attached hydrogens (tertiary/aromatic N) is 4. The van der Waals surface area contributed by atoms with E-state index in [9.17, 15) is 27.6 Å². The number of amides is 2. The molecular formula is C30H31F3N6O4S. The molecule has 10 nitrogen and oxygen atoms in total. The van der Waals surface area contributed by atoms with Crippen molar-refractivity contribution in [3.8, 4) is 21.7 Å². The Kier molecular flexibility index (Phi) is 9.02. The van der Waals surface area contributed by atoms with Crippen LogP contribution in [-0.2, 0) is 10.9 Å². The fourth-order valence-electron chi connectivity index (χ4n) is 5.32. The normalized spacial score (nSPS) is 15.7. The fourth-order valence-corrected chi connectivity index (χ4v) is 6.18. The van der Waals surface area contributed by atoms with Crippen LogP contribution < -0.4 is 16.1 Å². The molecule has 44 heavy (non-hydrogen) atoms. The maximum atomic E-state index is 13.7. The van der Waals surface area contributed by atoms with E-state index >= 15 is 0 Å². The Bertz CT molecular complexity index is 1770. The predicted octanol–water partition coefficient (Wildman–Crippen LogP) is 5.79. The number of ether oxygens (including phenoxy) is 1. The molecule has 1 aromatic carbocycles. The van der Waals surface area contributed by atoms with Crippen LogP contribution in [0, 0.1) is 0 Å². The molecule has 5 rings (SSSR count). The third kappa shape index (κ3) is 6.45. The largest absolute Gasteiger partial charge is 0.462 e. The number of carbonyl (C=O) groups excluding carboxylic acids is 2. The van der Waals surface area contributed by atoms with Gasteiger partial charge in [0.15, 0.2) is 5.69 Å². The molecule has 1 aliphatic rings. The summed E-state index contributed by atoms with van der Waals surface area (Å²) < 4.78 is 47.5. The zero-order valence-electron chi connectivity index (χ0n) is 24.3. The Balaban J connectivity index is 1.69. The average Bonchev–Trinajstić information content (AvgIpc) is 3.49. The number of thiazole rings is 1. The van der Waals surface area contributed by atoms with Crippen molar-refractivity contribution in [2.24, 2.45) is 0 Å². The van der Waals surface area contributed by atoms with E-state index in [0.717, 1.165) is 42.6 Å². The van der Waals surface area contributed by atoms with E-state index in [1.807, 2.05) is 11.6 Å². The molecule has 0 radical (unpaired) electrons. The molecule has 0 saturated carbocycles. The molecule has 0 spiro atoms. The summed E-state index contributed by atoms with van der Waals surface area (Å²) in [5.74, 6) is -0.624. The number of nitrogens with one attached hydrogen (secondary N) is 2. The van der Waals surface area contributed by atoms with Crippen molar-refractivity contribution in [2.45, 2.75) is 38.9 Å². The maximum absolute atomic E-state index is 13.7. The number of likely N-dealkylation sites (N-methyl/N-ethyl adjacent to an activating group) is 1. The second kappa shape index (κ2) is 12.7. The van der Waals surface area contributed by atoms with Crippen molar-refractivity contribution < 1.29 is 27.5 Å². The summed E-state index contributed by atoms with van der Waals surface area (Å²) in [5.41, 5.74) is 0.0984. The summed E-state index contributed by atoms with van der Waals surface area (Å²) >= 11 is 0.797. The number of anilines is 1. The van der Waals surface area contributed by atoms with E-state index in [-0.39, 0.29) is 40.0 Å². The number of rotatable bonds is 7. The van der Waals surface area contributed by atoms with Gasteiger partial charge in [0.2, 0.25) is 5.43 Å². The highest BCUT2D eigenvalue weighted by molar-refractivity contribution is 7.13. The van der Waals surface area contributed by atoms with Crippen molar-refractivity contribution in [2.75, 3.05) is 38.6 Å². The number of carbonyl (C=O) groups is 2.